The molecular formula is C14H30N2. The molecule has 0 saturated carbocycles. The summed E-state index contributed by atoms with van der Waals surface area (Å²) in [5, 5.41) is 3.62. The average molecular weight is 226 g/mol. The summed E-state index contributed by atoms with van der Waals surface area (Å²) in [6.07, 6.45) is 4.07. The maximum absolute atomic E-state index is 3.62. The monoisotopic (exact) mass is 226 g/mol. The highest BCUT2D eigenvalue weighted by molar-refractivity contribution is 4.78. The molecule has 1 aliphatic heterocycles. The van der Waals surface area contributed by atoms with E-state index in [1.807, 2.05) is 0 Å². The standard InChI is InChI=1S/C14H30N2/c1-12(2)6-5-8-15-10-14-7-9-16(11-14)13(3)4/h12-15H,5-11H2,1-4H3. The van der Waals surface area contributed by atoms with E-state index in [0.29, 0.717) is 0 Å². The Bertz CT molecular complexity index is 178. The van der Waals surface area contributed by atoms with E-state index in [4.69, 9.17) is 0 Å². The minimum absolute atomic E-state index is 0.728. The fourth-order valence-electron chi connectivity index (χ4n) is 2.44. The molecule has 0 radical (unpaired) electrons. The van der Waals surface area contributed by atoms with Crippen LogP contribution in [0.1, 0.15) is 47.0 Å². The van der Waals surface area contributed by atoms with E-state index in [-0.39, 0.29) is 0 Å². The molecule has 2 heteroatoms. The lowest BCUT2D eigenvalue weighted by atomic mass is 10.1. The lowest BCUT2D eigenvalue weighted by Crippen LogP contribution is -2.31. The van der Waals surface area contributed by atoms with Gasteiger partial charge < -0.3 is 10.2 Å². The molecule has 1 heterocycles. The first-order valence-electron chi connectivity index (χ1n) is 7.04. The Balaban J connectivity index is 1.98. The molecule has 0 amide bonds. The van der Waals surface area contributed by atoms with Crippen molar-refractivity contribution >= 4 is 0 Å². The molecule has 0 aliphatic carbocycles. The zero-order chi connectivity index (χ0) is 12.0. The summed E-state index contributed by atoms with van der Waals surface area (Å²) in [4.78, 5) is 2.60. The van der Waals surface area contributed by atoms with Gasteiger partial charge in [0.15, 0.2) is 0 Å². The van der Waals surface area contributed by atoms with Gasteiger partial charge in [-0.2, -0.15) is 0 Å². The maximum Gasteiger partial charge on any atom is 0.00387 e. The van der Waals surface area contributed by atoms with Crippen LogP contribution in [-0.2, 0) is 0 Å². The van der Waals surface area contributed by atoms with E-state index in [2.05, 4.69) is 37.9 Å². The van der Waals surface area contributed by atoms with Crippen LogP contribution >= 0.6 is 0 Å². The molecule has 0 aromatic heterocycles. The van der Waals surface area contributed by atoms with Crippen molar-refractivity contribution in [1.29, 1.82) is 0 Å². The molecule has 0 aromatic rings. The van der Waals surface area contributed by atoms with Gasteiger partial charge in [0.05, 0.1) is 0 Å². The molecule has 1 aliphatic rings. The number of rotatable bonds is 7. The van der Waals surface area contributed by atoms with Crippen LogP contribution in [0.25, 0.3) is 0 Å². The van der Waals surface area contributed by atoms with Crippen molar-refractivity contribution in [3.05, 3.63) is 0 Å². The third-order valence-corrected chi connectivity index (χ3v) is 3.62. The van der Waals surface area contributed by atoms with Crippen LogP contribution in [0.3, 0.4) is 0 Å². The minimum atomic E-state index is 0.728. The van der Waals surface area contributed by atoms with Crippen LogP contribution < -0.4 is 5.32 Å². The molecule has 1 atom stereocenters. The molecule has 0 spiro atoms. The van der Waals surface area contributed by atoms with Gasteiger partial charge in [-0.15, -0.1) is 0 Å². The van der Waals surface area contributed by atoms with E-state index in [0.717, 1.165) is 17.9 Å². The normalized spacial score (nSPS) is 22.5. The molecule has 1 saturated heterocycles. The van der Waals surface area contributed by atoms with Crippen LogP contribution in [0.4, 0.5) is 0 Å². The van der Waals surface area contributed by atoms with E-state index in [1.165, 1.54) is 45.4 Å². The number of nitrogens with one attached hydrogen (secondary N) is 1. The summed E-state index contributed by atoms with van der Waals surface area (Å²) >= 11 is 0. The number of hydrogen-bond donors (Lipinski definition) is 1. The Kier molecular flexibility index (Phi) is 6.37. The molecule has 0 aromatic carbocycles. The predicted molar refractivity (Wildman–Crippen MR) is 71.8 cm³/mol. The van der Waals surface area contributed by atoms with E-state index >= 15 is 0 Å². The van der Waals surface area contributed by atoms with Crippen molar-refractivity contribution in [2.75, 3.05) is 26.2 Å². The first-order chi connectivity index (χ1) is 7.59. The SMILES string of the molecule is CC(C)CCCNCC1CCN(C(C)C)C1. The first kappa shape index (κ1) is 14.0. The second kappa shape index (κ2) is 7.29. The van der Waals surface area contributed by atoms with Crippen LogP contribution in [0.15, 0.2) is 0 Å². The van der Waals surface area contributed by atoms with E-state index in [9.17, 15) is 0 Å². The molecular weight excluding hydrogens is 196 g/mol. The molecule has 1 rings (SSSR count). The van der Waals surface area contributed by atoms with Crippen molar-refractivity contribution in [2.45, 2.75) is 53.0 Å². The largest absolute Gasteiger partial charge is 0.316 e. The smallest absolute Gasteiger partial charge is 0.00387 e. The van der Waals surface area contributed by atoms with Gasteiger partial charge >= 0.3 is 0 Å². The van der Waals surface area contributed by atoms with E-state index in [1.54, 1.807) is 0 Å². The fourth-order valence-corrected chi connectivity index (χ4v) is 2.44. The van der Waals surface area contributed by atoms with Gasteiger partial charge in [-0.1, -0.05) is 13.8 Å². The predicted octanol–water partition coefficient (Wildman–Crippen LogP) is 2.74. The molecule has 1 N–H and O–H groups in total. The van der Waals surface area contributed by atoms with Gasteiger partial charge in [-0.3, -0.25) is 0 Å². The zero-order valence-corrected chi connectivity index (χ0v) is 11.6. The summed E-state index contributed by atoms with van der Waals surface area (Å²) in [6, 6.07) is 0.728. The Morgan fingerprint density at radius 2 is 2.00 bits per heavy atom. The highest BCUT2D eigenvalue weighted by Crippen LogP contribution is 2.17. The Morgan fingerprint density at radius 3 is 2.56 bits per heavy atom. The fraction of sp³-hybridized carbons (Fsp3) is 1.00. The lowest BCUT2D eigenvalue weighted by molar-refractivity contribution is 0.264. The highest BCUT2D eigenvalue weighted by atomic mass is 15.2. The van der Waals surface area contributed by atoms with Crippen LogP contribution in [0.5, 0.6) is 0 Å². The van der Waals surface area contributed by atoms with Gasteiger partial charge in [0, 0.05) is 12.6 Å². The second-order valence-corrected chi connectivity index (χ2v) is 5.98. The second-order valence-electron chi connectivity index (χ2n) is 5.98. The molecule has 96 valence electrons. The zero-order valence-electron chi connectivity index (χ0n) is 11.6. The van der Waals surface area contributed by atoms with Crippen molar-refractivity contribution < 1.29 is 0 Å². The molecule has 1 unspecified atom stereocenters. The van der Waals surface area contributed by atoms with Crippen LogP contribution in [0, 0.1) is 11.8 Å². The summed E-state index contributed by atoms with van der Waals surface area (Å²) in [5.74, 6) is 1.74. The number of hydrogen-bond acceptors (Lipinski definition) is 2. The van der Waals surface area contributed by atoms with Crippen molar-refractivity contribution in [2.24, 2.45) is 11.8 Å². The molecule has 16 heavy (non-hydrogen) atoms. The minimum Gasteiger partial charge on any atom is -0.316 e. The van der Waals surface area contributed by atoms with E-state index < -0.39 is 0 Å². The Hall–Kier alpha value is -0.0800. The quantitative estimate of drug-likeness (QED) is 0.672. The van der Waals surface area contributed by atoms with Crippen molar-refractivity contribution in [1.82, 2.24) is 10.2 Å². The Labute approximate surface area is 102 Å². The highest BCUT2D eigenvalue weighted by Gasteiger charge is 2.23. The average Bonchev–Trinajstić information content (AvgIpc) is 2.65. The third-order valence-electron chi connectivity index (χ3n) is 3.62. The maximum atomic E-state index is 3.62. The molecule has 1 fully saturated rings. The van der Waals surface area contributed by atoms with Crippen LogP contribution in [-0.4, -0.2) is 37.1 Å². The van der Waals surface area contributed by atoms with Gasteiger partial charge in [0.25, 0.3) is 0 Å². The molecule has 0 bridgehead atoms. The van der Waals surface area contributed by atoms with Crippen LogP contribution in [0.2, 0.25) is 0 Å². The lowest BCUT2D eigenvalue weighted by Gasteiger charge is -2.20. The topological polar surface area (TPSA) is 15.3 Å². The number of nitrogens with zero attached hydrogens (tertiary/aromatic N) is 1. The first-order valence-corrected chi connectivity index (χ1v) is 7.04. The summed E-state index contributed by atoms with van der Waals surface area (Å²) < 4.78 is 0. The van der Waals surface area contributed by atoms with Gasteiger partial charge in [-0.05, 0) is 64.6 Å². The summed E-state index contributed by atoms with van der Waals surface area (Å²) in [7, 11) is 0. The summed E-state index contributed by atoms with van der Waals surface area (Å²) in [6.45, 7) is 14.2. The van der Waals surface area contributed by atoms with Crippen molar-refractivity contribution in [3.63, 3.8) is 0 Å². The third kappa shape index (κ3) is 5.31. The Morgan fingerprint density at radius 1 is 1.25 bits per heavy atom. The van der Waals surface area contributed by atoms with Gasteiger partial charge in [0.1, 0.15) is 0 Å². The summed E-state index contributed by atoms with van der Waals surface area (Å²) in [5.41, 5.74) is 0. The van der Waals surface area contributed by atoms with Gasteiger partial charge in [0.2, 0.25) is 0 Å². The van der Waals surface area contributed by atoms with Crippen molar-refractivity contribution in [3.8, 4) is 0 Å². The van der Waals surface area contributed by atoms with Gasteiger partial charge in [-0.25, -0.2) is 0 Å². The number of likely N-dealkylation sites (tertiary alicyclic amines) is 1. The molecule has 2 nitrogen and oxygen atoms in total.